The molecule has 2 N–H and O–H groups in total. The normalized spacial score (nSPS) is 10.6. The zero-order chi connectivity index (χ0) is 12.1. The van der Waals surface area contributed by atoms with Gasteiger partial charge in [-0.05, 0) is 12.1 Å². The zero-order valence-electron chi connectivity index (χ0n) is 8.08. The van der Waals surface area contributed by atoms with E-state index in [0.717, 1.165) is 0 Å². The fraction of sp³-hybridized carbons (Fsp3) is 0. The summed E-state index contributed by atoms with van der Waals surface area (Å²) in [5.41, 5.74) is 5.55. The van der Waals surface area contributed by atoms with E-state index in [-0.39, 0.29) is 16.2 Å². The number of rotatable bonds is 3. The first kappa shape index (κ1) is 11.8. The van der Waals surface area contributed by atoms with Crippen LogP contribution in [0.3, 0.4) is 0 Å². The van der Waals surface area contributed by atoms with E-state index in [2.05, 4.69) is 12.2 Å². The van der Waals surface area contributed by atoms with Crippen molar-refractivity contribution in [2.45, 2.75) is 0 Å². The van der Waals surface area contributed by atoms with E-state index in [4.69, 9.17) is 11.0 Å². The molecule has 1 aromatic rings. The Bertz CT molecular complexity index is 517. The van der Waals surface area contributed by atoms with Crippen LogP contribution in [0.4, 0.5) is 5.69 Å². The second-order valence-electron chi connectivity index (χ2n) is 2.85. The number of nitrogens with two attached hydrogens (primary N) is 1. The van der Waals surface area contributed by atoms with Crippen LogP contribution in [-0.4, -0.2) is 9.91 Å². The minimum absolute atomic E-state index is 0.0456. The lowest BCUT2D eigenvalue weighted by atomic mass is 10.1. The topological polar surface area (TPSA) is 92.9 Å². The van der Waals surface area contributed by atoms with Crippen molar-refractivity contribution in [3.63, 3.8) is 0 Å². The Labute approximate surface area is 96.9 Å². The van der Waals surface area contributed by atoms with Crippen LogP contribution in [0.5, 0.6) is 0 Å². The third-order valence-corrected chi connectivity index (χ3v) is 2.04. The van der Waals surface area contributed by atoms with Crippen molar-refractivity contribution in [3.8, 4) is 6.07 Å². The lowest BCUT2D eigenvalue weighted by molar-refractivity contribution is -0.385. The van der Waals surface area contributed by atoms with Gasteiger partial charge in [-0.3, -0.25) is 10.1 Å². The fourth-order valence-electron chi connectivity index (χ4n) is 1.09. The van der Waals surface area contributed by atoms with E-state index in [1.807, 2.05) is 0 Å². The van der Waals surface area contributed by atoms with Gasteiger partial charge < -0.3 is 5.73 Å². The molecule has 0 amide bonds. The molecular formula is C10H7N3O2S. The number of nitriles is 1. The van der Waals surface area contributed by atoms with Crippen LogP contribution < -0.4 is 5.73 Å². The Morgan fingerprint density at radius 3 is 2.69 bits per heavy atom. The van der Waals surface area contributed by atoms with Gasteiger partial charge in [-0.25, -0.2) is 0 Å². The number of para-hydroxylation sites is 1. The Hall–Kier alpha value is -2.26. The zero-order valence-corrected chi connectivity index (χ0v) is 8.90. The molecule has 80 valence electrons. The molecule has 0 aliphatic heterocycles. The smallest absolute Gasteiger partial charge is 0.276 e. The van der Waals surface area contributed by atoms with Gasteiger partial charge >= 0.3 is 0 Å². The minimum Gasteiger partial charge on any atom is -0.389 e. The number of nitro groups is 1. The van der Waals surface area contributed by atoms with Crippen molar-refractivity contribution in [1.82, 2.24) is 0 Å². The average molecular weight is 233 g/mol. The summed E-state index contributed by atoms with van der Waals surface area (Å²) in [5.74, 6) is 0. The van der Waals surface area contributed by atoms with Gasteiger partial charge in [0.05, 0.1) is 16.1 Å². The highest BCUT2D eigenvalue weighted by atomic mass is 32.1. The van der Waals surface area contributed by atoms with Crippen LogP contribution in [0.2, 0.25) is 0 Å². The summed E-state index contributed by atoms with van der Waals surface area (Å²) >= 11 is 4.64. The molecule has 0 bridgehead atoms. The maximum absolute atomic E-state index is 10.7. The van der Waals surface area contributed by atoms with E-state index >= 15 is 0 Å². The first-order chi connectivity index (χ1) is 7.56. The van der Waals surface area contributed by atoms with Crippen LogP contribution in [0, 0.1) is 21.4 Å². The molecule has 1 rings (SSSR count). The van der Waals surface area contributed by atoms with Crippen LogP contribution in [0.1, 0.15) is 5.56 Å². The molecule has 0 radical (unpaired) electrons. The molecule has 0 unspecified atom stereocenters. The van der Waals surface area contributed by atoms with Gasteiger partial charge in [0.15, 0.2) is 0 Å². The molecule has 0 saturated carbocycles. The monoisotopic (exact) mass is 233 g/mol. The Balaban J connectivity index is 3.30. The molecular weight excluding hydrogens is 226 g/mol. The van der Waals surface area contributed by atoms with Crippen molar-refractivity contribution in [1.29, 1.82) is 5.26 Å². The third-order valence-electron chi connectivity index (χ3n) is 1.82. The predicted octanol–water partition coefficient (Wildman–Crippen LogP) is 1.79. The molecule has 1 aromatic carbocycles. The van der Waals surface area contributed by atoms with Crippen LogP contribution in [0.25, 0.3) is 6.08 Å². The Kier molecular flexibility index (Phi) is 3.69. The predicted molar refractivity (Wildman–Crippen MR) is 63.5 cm³/mol. The Morgan fingerprint density at radius 2 is 2.19 bits per heavy atom. The van der Waals surface area contributed by atoms with Gasteiger partial charge in [-0.15, -0.1) is 0 Å². The van der Waals surface area contributed by atoms with E-state index in [0.29, 0.717) is 5.56 Å². The Morgan fingerprint density at radius 1 is 1.56 bits per heavy atom. The summed E-state index contributed by atoms with van der Waals surface area (Å²) in [6.07, 6.45) is 1.31. The van der Waals surface area contributed by atoms with E-state index < -0.39 is 4.92 Å². The van der Waals surface area contributed by atoms with Crippen molar-refractivity contribution >= 4 is 29.0 Å². The van der Waals surface area contributed by atoms with Crippen molar-refractivity contribution in [3.05, 3.63) is 45.5 Å². The van der Waals surface area contributed by atoms with E-state index in [1.165, 1.54) is 18.2 Å². The second kappa shape index (κ2) is 5.00. The molecule has 16 heavy (non-hydrogen) atoms. The highest BCUT2D eigenvalue weighted by molar-refractivity contribution is 7.80. The largest absolute Gasteiger partial charge is 0.389 e. The van der Waals surface area contributed by atoms with Crippen molar-refractivity contribution < 1.29 is 4.92 Å². The van der Waals surface area contributed by atoms with Gasteiger partial charge in [0.1, 0.15) is 11.1 Å². The number of thiocarbonyl (C=S) groups is 1. The number of hydrogen-bond acceptors (Lipinski definition) is 4. The van der Waals surface area contributed by atoms with Crippen molar-refractivity contribution in [2.75, 3.05) is 0 Å². The molecule has 0 aliphatic carbocycles. The van der Waals surface area contributed by atoms with Crippen LogP contribution >= 0.6 is 12.2 Å². The number of nitrogens with zero attached hydrogens (tertiary/aromatic N) is 2. The maximum Gasteiger partial charge on any atom is 0.276 e. The quantitative estimate of drug-likeness (QED) is 0.282. The lowest BCUT2D eigenvalue weighted by Gasteiger charge is -1.98. The third kappa shape index (κ3) is 2.62. The average Bonchev–Trinajstić information content (AvgIpc) is 2.25. The number of nitro benzene ring substituents is 1. The number of benzene rings is 1. The minimum atomic E-state index is -0.527. The maximum atomic E-state index is 10.7. The molecule has 0 spiro atoms. The summed E-state index contributed by atoms with van der Waals surface area (Å²) in [6, 6.07) is 7.83. The molecule has 0 aliphatic rings. The highest BCUT2D eigenvalue weighted by Crippen LogP contribution is 2.20. The standard InChI is InChI=1S/C10H7N3O2S/c11-6-8(10(12)16)5-7-3-1-2-4-9(7)13(14)15/h1-5H,(H2,12,16)/b8-5-. The SMILES string of the molecule is N#C/C(=C/c1ccccc1[N+](=O)[O-])C(N)=S. The van der Waals surface area contributed by atoms with Gasteiger partial charge in [-0.1, -0.05) is 24.4 Å². The summed E-state index contributed by atoms with van der Waals surface area (Å²) in [7, 11) is 0. The molecule has 6 heteroatoms. The molecule has 0 atom stereocenters. The molecule has 0 heterocycles. The van der Waals surface area contributed by atoms with Gasteiger partial charge in [0, 0.05) is 6.07 Å². The molecule has 0 aromatic heterocycles. The highest BCUT2D eigenvalue weighted by Gasteiger charge is 2.11. The van der Waals surface area contributed by atoms with E-state index in [9.17, 15) is 10.1 Å². The van der Waals surface area contributed by atoms with Gasteiger partial charge in [0.2, 0.25) is 0 Å². The lowest BCUT2D eigenvalue weighted by Crippen LogP contribution is -2.09. The van der Waals surface area contributed by atoms with Crippen molar-refractivity contribution in [2.24, 2.45) is 5.73 Å². The molecule has 5 nitrogen and oxygen atoms in total. The summed E-state index contributed by atoms with van der Waals surface area (Å²) in [4.78, 5) is 10.1. The van der Waals surface area contributed by atoms with E-state index in [1.54, 1.807) is 18.2 Å². The first-order valence-electron chi connectivity index (χ1n) is 4.21. The molecule has 0 fully saturated rings. The fourth-order valence-corrected chi connectivity index (χ4v) is 1.19. The molecule has 0 saturated heterocycles. The van der Waals surface area contributed by atoms with Gasteiger partial charge in [-0.2, -0.15) is 5.26 Å². The summed E-state index contributed by atoms with van der Waals surface area (Å²) in [5, 5.41) is 19.4. The van der Waals surface area contributed by atoms with Crippen LogP contribution in [0.15, 0.2) is 29.8 Å². The summed E-state index contributed by atoms with van der Waals surface area (Å²) in [6.45, 7) is 0. The second-order valence-corrected chi connectivity index (χ2v) is 3.29. The number of hydrogen-bond donors (Lipinski definition) is 1. The van der Waals surface area contributed by atoms with Gasteiger partial charge in [0.25, 0.3) is 5.69 Å². The summed E-state index contributed by atoms with van der Waals surface area (Å²) < 4.78 is 0. The van der Waals surface area contributed by atoms with Crippen LogP contribution in [-0.2, 0) is 0 Å². The first-order valence-corrected chi connectivity index (χ1v) is 4.62.